The Morgan fingerprint density at radius 3 is 1.96 bits per heavy atom. The molecular weight excluding hydrogens is 384 g/mol. The van der Waals surface area contributed by atoms with E-state index >= 15 is 0 Å². The monoisotopic (exact) mass is 393 g/mol. The van der Waals surface area contributed by atoms with Crippen molar-refractivity contribution in [3.63, 3.8) is 0 Å². The molecule has 0 aromatic heterocycles. The molecule has 2 aromatic carbocycles. The summed E-state index contributed by atoms with van der Waals surface area (Å²) >= 11 is 0. The van der Waals surface area contributed by atoms with E-state index in [9.17, 15) is 35.5 Å². The summed E-state index contributed by atoms with van der Waals surface area (Å²) in [6.07, 6.45) is 0. The van der Waals surface area contributed by atoms with Crippen LogP contribution in [0.2, 0.25) is 0 Å². The minimum Gasteiger partial charge on any atom is -1.00 e. The van der Waals surface area contributed by atoms with E-state index in [2.05, 4.69) is 0 Å². The summed E-state index contributed by atoms with van der Waals surface area (Å²) in [5.41, 5.74) is -0.585. The maximum atomic E-state index is 13.6. The molecule has 25 heavy (non-hydrogen) atoms. The van der Waals surface area contributed by atoms with Crippen LogP contribution < -0.4 is 39.0 Å². The molecule has 0 spiro atoms. The van der Waals surface area contributed by atoms with Crippen LogP contribution in [0.25, 0.3) is 0 Å². The zero-order valence-corrected chi connectivity index (χ0v) is 15.5. The summed E-state index contributed by atoms with van der Waals surface area (Å²) in [4.78, 5) is -2.07. The van der Waals surface area contributed by atoms with Gasteiger partial charge in [-0.3, -0.25) is 4.72 Å². The molecule has 0 bridgehead atoms. The Hall–Kier alpha value is -1.56. The summed E-state index contributed by atoms with van der Waals surface area (Å²) in [7, 11) is -4.10. The summed E-state index contributed by atoms with van der Waals surface area (Å²) in [5, 5.41) is 9.74. The molecule has 2 rings (SSSR count). The second kappa shape index (κ2) is 7.77. The van der Waals surface area contributed by atoms with Gasteiger partial charge in [0, 0.05) is 0 Å². The zero-order valence-electron chi connectivity index (χ0n) is 13.7. The third-order valence-corrected chi connectivity index (χ3v) is 4.29. The number of anilines is 1. The average Bonchev–Trinajstić information content (AvgIpc) is 2.52. The van der Waals surface area contributed by atoms with Crippen LogP contribution in [0.4, 0.5) is 27.6 Å². The quantitative estimate of drug-likeness (QED) is 0.252. The van der Waals surface area contributed by atoms with Gasteiger partial charge in [-0.25, -0.2) is 30.4 Å². The second-order valence-corrected chi connectivity index (χ2v) is 5.98. The van der Waals surface area contributed by atoms with E-state index in [0.29, 0.717) is 0 Å². The number of sulfonamides is 1. The van der Waals surface area contributed by atoms with Crippen molar-refractivity contribution in [1.29, 1.82) is 0 Å². The van der Waals surface area contributed by atoms with Crippen molar-refractivity contribution in [2.24, 2.45) is 0 Å². The van der Waals surface area contributed by atoms with Crippen molar-refractivity contribution >= 4 is 15.7 Å². The SMILES string of the molecule is COc1cccc(NS(=O)(=O)c2c(F)c(F)c(F)c(F)c2F)c1O.[H-].[Na+]. The van der Waals surface area contributed by atoms with Crippen LogP contribution in [0.5, 0.6) is 11.5 Å². The number of methoxy groups -OCH3 is 1. The van der Waals surface area contributed by atoms with Crippen LogP contribution in [0.15, 0.2) is 23.1 Å². The number of para-hydroxylation sites is 1. The number of rotatable bonds is 4. The van der Waals surface area contributed by atoms with Gasteiger partial charge in [0.1, 0.15) is 0 Å². The first kappa shape index (κ1) is 21.5. The Balaban J connectivity index is 0.00000312. The number of ether oxygens (including phenoxy) is 1. The molecule has 0 saturated carbocycles. The van der Waals surface area contributed by atoms with Gasteiger partial charge in [0.2, 0.25) is 5.82 Å². The maximum absolute atomic E-state index is 13.6. The van der Waals surface area contributed by atoms with Crippen molar-refractivity contribution < 1.29 is 71.2 Å². The van der Waals surface area contributed by atoms with Crippen LogP contribution in [-0.2, 0) is 10.0 Å². The molecule has 0 aliphatic heterocycles. The van der Waals surface area contributed by atoms with Gasteiger partial charge in [-0.1, -0.05) is 6.07 Å². The van der Waals surface area contributed by atoms with Gasteiger partial charge in [-0.2, -0.15) is 0 Å². The van der Waals surface area contributed by atoms with E-state index in [1.54, 1.807) is 0 Å². The first-order valence-electron chi connectivity index (χ1n) is 6.02. The van der Waals surface area contributed by atoms with E-state index in [1.807, 2.05) is 0 Å². The molecule has 0 saturated heterocycles. The maximum Gasteiger partial charge on any atom is 1.00 e. The predicted octanol–water partition coefficient (Wildman–Crippen LogP) is 0.0136. The molecule has 132 valence electrons. The summed E-state index contributed by atoms with van der Waals surface area (Å²) in [5.74, 6) is -13.3. The molecule has 0 atom stereocenters. The third kappa shape index (κ3) is 3.84. The van der Waals surface area contributed by atoms with E-state index < -0.39 is 55.4 Å². The summed E-state index contributed by atoms with van der Waals surface area (Å²) in [6.45, 7) is 0. The number of nitrogens with one attached hydrogen (secondary N) is 1. The number of hydrogen-bond acceptors (Lipinski definition) is 4. The molecule has 0 aliphatic carbocycles. The Kier molecular flexibility index (Phi) is 6.68. The molecule has 0 unspecified atom stereocenters. The van der Waals surface area contributed by atoms with Crippen LogP contribution in [0, 0.1) is 29.1 Å². The molecule has 5 nitrogen and oxygen atoms in total. The van der Waals surface area contributed by atoms with Crippen molar-refractivity contribution in [3.8, 4) is 11.5 Å². The molecule has 0 amide bonds. The zero-order chi connectivity index (χ0) is 18.2. The van der Waals surface area contributed by atoms with Crippen molar-refractivity contribution in [2.45, 2.75) is 4.90 Å². The fourth-order valence-electron chi connectivity index (χ4n) is 1.79. The second-order valence-electron chi connectivity index (χ2n) is 4.36. The number of benzene rings is 2. The molecular formula is C13H9F5NNaO4S. The Labute approximate surface area is 162 Å². The average molecular weight is 393 g/mol. The fraction of sp³-hybridized carbons (Fsp3) is 0.0769. The molecule has 0 aliphatic rings. The number of aromatic hydroxyl groups is 1. The van der Waals surface area contributed by atoms with Gasteiger partial charge in [-0.05, 0) is 12.1 Å². The van der Waals surface area contributed by atoms with Gasteiger partial charge in [0.25, 0.3) is 10.0 Å². The number of hydrogen-bond donors (Lipinski definition) is 2. The van der Waals surface area contributed by atoms with Crippen molar-refractivity contribution in [1.82, 2.24) is 0 Å². The topological polar surface area (TPSA) is 75.6 Å². The first-order chi connectivity index (χ1) is 11.1. The van der Waals surface area contributed by atoms with Crippen LogP contribution in [-0.4, -0.2) is 20.6 Å². The van der Waals surface area contributed by atoms with Crippen molar-refractivity contribution in [3.05, 3.63) is 47.3 Å². The van der Waals surface area contributed by atoms with Gasteiger partial charge in [0.15, 0.2) is 39.7 Å². The Morgan fingerprint density at radius 1 is 1.00 bits per heavy atom. The largest absolute Gasteiger partial charge is 1.00 e. The van der Waals surface area contributed by atoms with Gasteiger partial charge in [-0.15, -0.1) is 0 Å². The first-order valence-corrected chi connectivity index (χ1v) is 7.50. The standard InChI is InChI=1S/C13H8F5NO4S.Na.H/c1-23-6-4-2-3-5(12(6)20)19-24(21,22)13-10(17)8(15)7(14)9(16)11(13)18;;/h2-4,19-20H,1H3;;/q;+1;-1. The van der Waals surface area contributed by atoms with Crippen LogP contribution in [0.1, 0.15) is 1.43 Å². The van der Waals surface area contributed by atoms with Crippen LogP contribution >= 0.6 is 0 Å². The number of halogens is 5. The Bertz CT molecular complexity index is 900. The minimum atomic E-state index is -5.25. The van der Waals surface area contributed by atoms with E-state index in [1.165, 1.54) is 16.9 Å². The Morgan fingerprint density at radius 2 is 1.48 bits per heavy atom. The smallest absolute Gasteiger partial charge is 1.00 e. The predicted molar refractivity (Wildman–Crippen MR) is 72.8 cm³/mol. The molecule has 0 radical (unpaired) electrons. The van der Waals surface area contributed by atoms with Crippen LogP contribution in [0.3, 0.4) is 0 Å². The molecule has 2 N–H and O–H groups in total. The third-order valence-electron chi connectivity index (χ3n) is 2.90. The van der Waals surface area contributed by atoms with E-state index in [-0.39, 0.29) is 36.7 Å². The fourth-order valence-corrected chi connectivity index (χ4v) is 2.99. The number of phenols is 1. The van der Waals surface area contributed by atoms with Gasteiger partial charge in [0.05, 0.1) is 12.8 Å². The van der Waals surface area contributed by atoms with E-state index in [4.69, 9.17) is 4.74 Å². The molecule has 2 aromatic rings. The molecule has 12 heteroatoms. The molecule has 0 heterocycles. The summed E-state index contributed by atoms with van der Waals surface area (Å²) < 4.78 is 96.8. The normalized spacial score (nSPS) is 11.0. The van der Waals surface area contributed by atoms with Gasteiger partial charge < -0.3 is 11.3 Å². The number of phenolic OH excluding ortho intramolecular Hbond substituents is 1. The minimum absolute atomic E-state index is 0. The summed E-state index contributed by atoms with van der Waals surface area (Å²) in [6, 6.07) is 3.45. The van der Waals surface area contributed by atoms with E-state index in [0.717, 1.165) is 13.2 Å². The molecule has 0 fully saturated rings. The van der Waals surface area contributed by atoms with Crippen molar-refractivity contribution in [2.75, 3.05) is 11.8 Å². The van der Waals surface area contributed by atoms with Gasteiger partial charge >= 0.3 is 29.6 Å².